The van der Waals surface area contributed by atoms with E-state index < -0.39 is 14.6 Å². The van der Waals surface area contributed by atoms with E-state index in [-0.39, 0.29) is 6.04 Å². The van der Waals surface area contributed by atoms with E-state index in [1.54, 1.807) is 0 Å². The summed E-state index contributed by atoms with van der Waals surface area (Å²) in [7, 11) is -3.06. The molecular formula is C14H31NO2S. The standard InChI is InChI=1S/C14H31NO2S/c1-7-10-15-13(11-12(8-2)9-3)14(4,5)18(6,16)17/h12-13,15H,7-11H2,1-6H3. The van der Waals surface area contributed by atoms with Gasteiger partial charge in [-0.1, -0.05) is 33.6 Å². The molecule has 1 atom stereocenters. The predicted molar refractivity (Wildman–Crippen MR) is 79.7 cm³/mol. The Morgan fingerprint density at radius 2 is 1.61 bits per heavy atom. The van der Waals surface area contributed by atoms with Crippen LogP contribution in [0.4, 0.5) is 0 Å². The normalized spacial score (nSPS) is 15.1. The molecule has 0 saturated heterocycles. The van der Waals surface area contributed by atoms with Crippen molar-refractivity contribution in [2.45, 2.75) is 71.1 Å². The van der Waals surface area contributed by atoms with Crippen LogP contribution in [0.1, 0.15) is 60.3 Å². The summed E-state index contributed by atoms with van der Waals surface area (Å²) in [6.45, 7) is 11.0. The van der Waals surface area contributed by atoms with Gasteiger partial charge in [0, 0.05) is 12.3 Å². The van der Waals surface area contributed by atoms with E-state index in [1.165, 1.54) is 6.26 Å². The molecule has 0 saturated carbocycles. The van der Waals surface area contributed by atoms with E-state index in [0.29, 0.717) is 5.92 Å². The van der Waals surface area contributed by atoms with Gasteiger partial charge in [0.15, 0.2) is 9.84 Å². The van der Waals surface area contributed by atoms with Crippen LogP contribution in [-0.2, 0) is 9.84 Å². The summed E-state index contributed by atoms with van der Waals surface area (Å²) in [6, 6.07) is 0.0392. The minimum absolute atomic E-state index is 0.0392. The Kier molecular flexibility index (Phi) is 7.45. The fourth-order valence-electron chi connectivity index (χ4n) is 2.15. The first-order valence-electron chi connectivity index (χ1n) is 7.13. The minimum atomic E-state index is -3.06. The summed E-state index contributed by atoms with van der Waals surface area (Å²) in [5, 5.41) is 3.44. The summed E-state index contributed by atoms with van der Waals surface area (Å²) >= 11 is 0. The molecule has 110 valence electrons. The molecule has 1 N–H and O–H groups in total. The molecule has 0 bridgehead atoms. The molecule has 0 aliphatic heterocycles. The highest BCUT2D eigenvalue weighted by molar-refractivity contribution is 7.92. The monoisotopic (exact) mass is 277 g/mol. The predicted octanol–water partition coefficient (Wildman–Crippen LogP) is 3.00. The lowest BCUT2D eigenvalue weighted by molar-refractivity contribution is 0.318. The van der Waals surface area contributed by atoms with Gasteiger partial charge in [0.1, 0.15) is 0 Å². The van der Waals surface area contributed by atoms with Crippen molar-refractivity contribution in [2.75, 3.05) is 12.8 Å². The number of nitrogens with one attached hydrogen (secondary N) is 1. The molecule has 0 aromatic rings. The highest BCUT2D eigenvalue weighted by Gasteiger charge is 2.39. The van der Waals surface area contributed by atoms with Crippen molar-refractivity contribution in [1.29, 1.82) is 0 Å². The maximum Gasteiger partial charge on any atom is 0.154 e. The van der Waals surface area contributed by atoms with Gasteiger partial charge in [-0.05, 0) is 39.2 Å². The summed E-state index contributed by atoms with van der Waals surface area (Å²) < 4.78 is 23.2. The topological polar surface area (TPSA) is 46.2 Å². The number of sulfone groups is 1. The second-order valence-corrected chi connectivity index (χ2v) is 8.40. The lowest BCUT2D eigenvalue weighted by atomic mass is 9.89. The van der Waals surface area contributed by atoms with Gasteiger partial charge in [-0.3, -0.25) is 0 Å². The van der Waals surface area contributed by atoms with E-state index in [2.05, 4.69) is 26.1 Å². The highest BCUT2D eigenvalue weighted by atomic mass is 32.2. The smallest absolute Gasteiger partial charge is 0.154 e. The third-order valence-corrected chi connectivity index (χ3v) is 6.36. The molecule has 0 aromatic carbocycles. The summed E-state index contributed by atoms with van der Waals surface area (Å²) in [6.07, 6.45) is 5.54. The second-order valence-electron chi connectivity index (χ2n) is 5.80. The molecule has 0 aliphatic rings. The molecule has 4 heteroatoms. The van der Waals surface area contributed by atoms with Crippen LogP contribution in [0.25, 0.3) is 0 Å². The van der Waals surface area contributed by atoms with Crippen LogP contribution < -0.4 is 5.32 Å². The lowest BCUT2D eigenvalue weighted by Crippen LogP contribution is -2.52. The van der Waals surface area contributed by atoms with Crippen molar-refractivity contribution in [3.63, 3.8) is 0 Å². The van der Waals surface area contributed by atoms with E-state index in [9.17, 15) is 8.42 Å². The van der Waals surface area contributed by atoms with Crippen LogP contribution in [0.3, 0.4) is 0 Å². The molecule has 0 spiro atoms. The van der Waals surface area contributed by atoms with Crippen LogP contribution >= 0.6 is 0 Å². The van der Waals surface area contributed by atoms with Gasteiger partial charge >= 0.3 is 0 Å². The lowest BCUT2D eigenvalue weighted by Gasteiger charge is -2.35. The molecule has 1 unspecified atom stereocenters. The first kappa shape index (κ1) is 17.9. The average Bonchev–Trinajstić information content (AvgIpc) is 2.27. The Balaban J connectivity index is 4.98. The Morgan fingerprint density at radius 3 is 1.94 bits per heavy atom. The highest BCUT2D eigenvalue weighted by Crippen LogP contribution is 2.27. The second kappa shape index (κ2) is 7.49. The molecule has 18 heavy (non-hydrogen) atoms. The fraction of sp³-hybridized carbons (Fsp3) is 1.00. The van der Waals surface area contributed by atoms with Gasteiger partial charge in [-0.25, -0.2) is 8.42 Å². The van der Waals surface area contributed by atoms with E-state index >= 15 is 0 Å². The molecule has 0 amide bonds. The molecule has 0 aliphatic carbocycles. The van der Waals surface area contributed by atoms with Gasteiger partial charge in [0.2, 0.25) is 0 Å². The number of hydrogen-bond acceptors (Lipinski definition) is 3. The van der Waals surface area contributed by atoms with E-state index in [4.69, 9.17) is 0 Å². The Labute approximate surface area is 114 Å². The zero-order valence-corrected chi connectivity index (χ0v) is 13.7. The molecule has 3 nitrogen and oxygen atoms in total. The molecule has 0 fully saturated rings. The molecular weight excluding hydrogens is 246 g/mol. The third kappa shape index (κ3) is 4.88. The van der Waals surface area contributed by atoms with E-state index in [0.717, 1.165) is 32.2 Å². The van der Waals surface area contributed by atoms with Gasteiger partial charge in [0.25, 0.3) is 0 Å². The summed E-state index contributed by atoms with van der Waals surface area (Å²) in [5.74, 6) is 0.598. The Bertz CT molecular complexity index is 319. The van der Waals surface area contributed by atoms with Crippen molar-refractivity contribution in [3.05, 3.63) is 0 Å². The Morgan fingerprint density at radius 1 is 1.11 bits per heavy atom. The maximum atomic E-state index is 12.0. The zero-order valence-electron chi connectivity index (χ0n) is 12.9. The van der Waals surface area contributed by atoms with Crippen molar-refractivity contribution in [3.8, 4) is 0 Å². The summed E-state index contributed by atoms with van der Waals surface area (Å²) in [5.41, 5.74) is 0. The molecule has 0 radical (unpaired) electrons. The van der Waals surface area contributed by atoms with Crippen LogP contribution in [0, 0.1) is 5.92 Å². The van der Waals surface area contributed by atoms with Crippen molar-refractivity contribution >= 4 is 9.84 Å². The molecule has 0 aromatic heterocycles. The first-order chi connectivity index (χ1) is 8.20. The number of hydrogen-bond donors (Lipinski definition) is 1. The molecule has 0 rings (SSSR count). The first-order valence-corrected chi connectivity index (χ1v) is 9.02. The quantitative estimate of drug-likeness (QED) is 0.704. The average molecular weight is 277 g/mol. The fourth-order valence-corrected chi connectivity index (χ4v) is 2.84. The van der Waals surface area contributed by atoms with Crippen LogP contribution in [0.5, 0.6) is 0 Å². The van der Waals surface area contributed by atoms with Crippen LogP contribution in [-0.4, -0.2) is 32.0 Å². The van der Waals surface area contributed by atoms with Crippen LogP contribution in [0.15, 0.2) is 0 Å². The largest absolute Gasteiger partial charge is 0.312 e. The van der Waals surface area contributed by atoms with Crippen LogP contribution in [0.2, 0.25) is 0 Å². The third-order valence-electron chi connectivity index (χ3n) is 4.16. The van der Waals surface area contributed by atoms with Crippen molar-refractivity contribution in [1.82, 2.24) is 5.32 Å². The van der Waals surface area contributed by atoms with Gasteiger partial charge < -0.3 is 5.32 Å². The van der Waals surface area contributed by atoms with Gasteiger partial charge in [0.05, 0.1) is 4.75 Å². The van der Waals surface area contributed by atoms with Gasteiger partial charge in [-0.2, -0.15) is 0 Å². The Hall–Kier alpha value is -0.0900. The minimum Gasteiger partial charge on any atom is -0.312 e. The van der Waals surface area contributed by atoms with Crippen molar-refractivity contribution in [2.24, 2.45) is 5.92 Å². The number of rotatable bonds is 9. The maximum absolute atomic E-state index is 12.0. The van der Waals surface area contributed by atoms with Gasteiger partial charge in [-0.15, -0.1) is 0 Å². The SMILES string of the molecule is CCCNC(CC(CC)CC)C(C)(C)S(C)(=O)=O. The molecule has 0 heterocycles. The summed E-state index contributed by atoms with van der Waals surface area (Å²) in [4.78, 5) is 0. The van der Waals surface area contributed by atoms with Crippen molar-refractivity contribution < 1.29 is 8.42 Å². The van der Waals surface area contributed by atoms with E-state index in [1.807, 2.05) is 13.8 Å². The zero-order chi connectivity index (χ0) is 14.4.